The van der Waals surface area contributed by atoms with Gasteiger partial charge in [0.1, 0.15) is 0 Å². The standard InChI is InChI=1S/C28H40N6O2/c29-15-18-30-21-22-7-9-24(10-8-22)27(35)33-16-5-3-1-2-4-6-17-34-28(36)25-13-11-23(12-14-25)26-31-19-20-32-26/h7-14,21,26,31-32H,1-6,15-20,29H2,(H,33,35)(H,34,36). The van der Waals surface area contributed by atoms with Gasteiger partial charge in [-0.3, -0.25) is 25.2 Å². The van der Waals surface area contributed by atoms with Crippen molar-refractivity contribution in [2.75, 3.05) is 39.3 Å². The molecule has 1 aliphatic heterocycles. The summed E-state index contributed by atoms with van der Waals surface area (Å²) in [4.78, 5) is 28.8. The molecule has 36 heavy (non-hydrogen) atoms. The number of carbonyl (C=O) groups excluding carboxylic acids is 2. The van der Waals surface area contributed by atoms with Crippen LogP contribution in [0.15, 0.2) is 53.5 Å². The minimum absolute atomic E-state index is 0.0148. The van der Waals surface area contributed by atoms with Crippen molar-refractivity contribution in [1.82, 2.24) is 21.3 Å². The molecule has 0 saturated carbocycles. The molecule has 8 heteroatoms. The number of carbonyl (C=O) groups is 2. The van der Waals surface area contributed by atoms with Gasteiger partial charge in [-0.2, -0.15) is 0 Å². The monoisotopic (exact) mass is 492 g/mol. The van der Waals surface area contributed by atoms with Gasteiger partial charge in [0.15, 0.2) is 0 Å². The Labute approximate surface area is 214 Å². The second-order valence-corrected chi connectivity index (χ2v) is 9.04. The Morgan fingerprint density at radius 3 is 1.83 bits per heavy atom. The zero-order valence-corrected chi connectivity index (χ0v) is 21.1. The molecular formula is C28H40N6O2. The van der Waals surface area contributed by atoms with Crippen LogP contribution in [0.2, 0.25) is 0 Å². The minimum Gasteiger partial charge on any atom is -0.352 e. The van der Waals surface area contributed by atoms with Gasteiger partial charge < -0.3 is 16.4 Å². The van der Waals surface area contributed by atoms with Crippen molar-refractivity contribution in [2.24, 2.45) is 10.7 Å². The van der Waals surface area contributed by atoms with Gasteiger partial charge >= 0.3 is 0 Å². The molecule has 2 aromatic rings. The highest BCUT2D eigenvalue weighted by molar-refractivity contribution is 5.95. The van der Waals surface area contributed by atoms with E-state index < -0.39 is 0 Å². The minimum atomic E-state index is -0.0438. The van der Waals surface area contributed by atoms with E-state index in [0.29, 0.717) is 37.3 Å². The first-order valence-electron chi connectivity index (χ1n) is 13.1. The van der Waals surface area contributed by atoms with Crippen LogP contribution >= 0.6 is 0 Å². The number of rotatable bonds is 15. The second kappa shape index (κ2) is 15.8. The molecule has 1 fully saturated rings. The second-order valence-electron chi connectivity index (χ2n) is 9.04. The highest BCUT2D eigenvalue weighted by Crippen LogP contribution is 2.14. The van der Waals surface area contributed by atoms with Crippen LogP contribution in [0.25, 0.3) is 0 Å². The number of nitrogens with two attached hydrogens (primary N) is 1. The smallest absolute Gasteiger partial charge is 0.251 e. The van der Waals surface area contributed by atoms with E-state index in [4.69, 9.17) is 5.73 Å². The van der Waals surface area contributed by atoms with E-state index in [1.54, 1.807) is 6.21 Å². The number of hydrogen-bond donors (Lipinski definition) is 5. The summed E-state index contributed by atoms with van der Waals surface area (Å²) in [5, 5.41) is 12.7. The lowest BCUT2D eigenvalue weighted by atomic mass is 10.1. The molecule has 1 heterocycles. The fraction of sp³-hybridized carbons (Fsp3) is 0.464. The lowest BCUT2D eigenvalue weighted by Gasteiger charge is -2.12. The number of benzene rings is 2. The number of aliphatic imine (C=N–C) groups is 1. The molecule has 0 aliphatic carbocycles. The van der Waals surface area contributed by atoms with Crippen molar-refractivity contribution in [3.8, 4) is 0 Å². The van der Waals surface area contributed by atoms with E-state index in [-0.39, 0.29) is 18.0 Å². The first-order chi connectivity index (χ1) is 17.7. The number of unbranched alkanes of at least 4 members (excludes halogenated alkanes) is 5. The van der Waals surface area contributed by atoms with E-state index in [9.17, 15) is 9.59 Å². The Hall–Kier alpha value is -3.07. The molecule has 2 amide bonds. The predicted molar refractivity (Wildman–Crippen MR) is 146 cm³/mol. The Kier molecular flexibility index (Phi) is 12.1. The van der Waals surface area contributed by atoms with Crippen LogP contribution in [-0.4, -0.2) is 57.3 Å². The van der Waals surface area contributed by atoms with Crippen LogP contribution in [0, 0.1) is 0 Å². The van der Waals surface area contributed by atoms with Crippen molar-refractivity contribution in [3.05, 3.63) is 70.8 Å². The summed E-state index contributed by atoms with van der Waals surface area (Å²) in [6.07, 6.45) is 8.33. The summed E-state index contributed by atoms with van der Waals surface area (Å²) >= 11 is 0. The highest BCUT2D eigenvalue weighted by Gasteiger charge is 2.15. The lowest BCUT2D eigenvalue weighted by Crippen LogP contribution is -2.25. The maximum Gasteiger partial charge on any atom is 0.251 e. The Morgan fingerprint density at radius 1 is 0.806 bits per heavy atom. The largest absolute Gasteiger partial charge is 0.352 e. The molecule has 0 aromatic heterocycles. The van der Waals surface area contributed by atoms with Crippen molar-refractivity contribution in [2.45, 2.75) is 44.7 Å². The average Bonchev–Trinajstić information content (AvgIpc) is 3.45. The number of nitrogens with zero attached hydrogens (tertiary/aromatic N) is 1. The van der Waals surface area contributed by atoms with Gasteiger partial charge in [-0.15, -0.1) is 0 Å². The van der Waals surface area contributed by atoms with Crippen molar-refractivity contribution in [1.29, 1.82) is 0 Å². The summed E-state index contributed by atoms with van der Waals surface area (Å²) in [6, 6.07) is 15.2. The molecule has 0 bridgehead atoms. The molecule has 0 unspecified atom stereocenters. The van der Waals surface area contributed by atoms with Gasteiger partial charge in [0.05, 0.1) is 12.7 Å². The maximum absolute atomic E-state index is 12.3. The Balaban J connectivity index is 1.18. The molecular weight excluding hydrogens is 452 g/mol. The summed E-state index contributed by atoms with van der Waals surface area (Å²) in [7, 11) is 0. The predicted octanol–water partition coefficient (Wildman–Crippen LogP) is 2.76. The van der Waals surface area contributed by atoms with E-state index in [1.165, 1.54) is 0 Å². The molecule has 8 nitrogen and oxygen atoms in total. The van der Waals surface area contributed by atoms with Crippen molar-refractivity contribution in [3.63, 3.8) is 0 Å². The average molecular weight is 493 g/mol. The maximum atomic E-state index is 12.3. The number of nitrogens with one attached hydrogen (secondary N) is 4. The van der Waals surface area contributed by atoms with Crippen LogP contribution < -0.4 is 27.0 Å². The summed E-state index contributed by atoms with van der Waals surface area (Å²) < 4.78 is 0. The van der Waals surface area contributed by atoms with Crippen LogP contribution in [0.3, 0.4) is 0 Å². The lowest BCUT2D eigenvalue weighted by molar-refractivity contribution is 0.0944. The fourth-order valence-corrected chi connectivity index (χ4v) is 4.10. The third-order valence-corrected chi connectivity index (χ3v) is 6.17. The first-order valence-corrected chi connectivity index (χ1v) is 13.1. The Morgan fingerprint density at radius 2 is 1.31 bits per heavy atom. The number of amides is 2. The van der Waals surface area contributed by atoms with Crippen LogP contribution in [-0.2, 0) is 0 Å². The summed E-state index contributed by atoms with van der Waals surface area (Å²) in [5.74, 6) is -0.0586. The highest BCUT2D eigenvalue weighted by atomic mass is 16.2. The first kappa shape index (κ1) is 27.5. The topological polar surface area (TPSA) is 121 Å². The molecule has 6 N–H and O–H groups in total. The van der Waals surface area contributed by atoms with Gasteiger partial charge in [-0.25, -0.2) is 0 Å². The van der Waals surface area contributed by atoms with Crippen LogP contribution in [0.5, 0.6) is 0 Å². The zero-order chi connectivity index (χ0) is 25.4. The molecule has 194 valence electrons. The van der Waals surface area contributed by atoms with Gasteiger partial charge in [-0.1, -0.05) is 49.9 Å². The van der Waals surface area contributed by atoms with E-state index in [2.05, 4.69) is 26.3 Å². The van der Waals surface area contributed by atoms with Gasteiger partial charge in [0.25, 0.3) is 11.8 Å². The summed E-state index contributed by atoms with van der Waals surface area (Å²) in [5.41, 5.74) is 8.90. The third kappa shape index (κ3) is 9.53. The quantitative estimate of drug-likeness (QED) is 0.193. The van der Waals surface area contributed by atoms with E-state index in [1.807, 2.05) is 48.5 Å². The van der Waals surface area contributed by atoms with Crippen LogP contribution in [0.1, 0.15) is 76.5 Å². The Bertz CT molecular complexity index is 953. The number of hydrogen-bond acceptors (Lipinski definition) is 6. The van der Waals surface area contributed by atoms with Gasteiger partial charge in [-0.05, 0) is 48.2 Å². The SMILES string of the molecule is NCCN=Cc1ccc(C(=O)NCCCCCCCCNC(=O)c2ccc(C3NCCN3)cc2)cc1. The van der Waals surface area contributed by atoms with Gasteiger partial charge in [0, 0.05) is 50.1 Å². The molecule has 0 atom stereocenters. The normalized spacial score (nSPS) is 13.8. The molecule has 0 radical (unpaired) electrons. The van der Waals surface area contributed by atoms with Crippen LogP contribution in [0.4, 0.5) is 0 Å². The fourth-order valence-electron chi connectivity index (χ4n) is 4.10. The third-order valence-electron chi connectivity index (χ3n) is 6.17. The molecule has 1 aliphatic rings. The van der Waals surface area contributed by atoms with Crippen molar-refractivity contribution >= 4 is 18.0 Å². The van der Waals surface area contributed by atoms with E-state index in [0.717, 1.165) is 62.7 Å². The molecule has 3 rings (SSSR count). The zero-order valence-electron chi connectivity index (χ0n) is 21.1. The molecule has 2 aromatic carbocycles. The van der Waals surface area contributed by atoms with E-state index >= 15 is 0 Å². The summed E-state index contributed by atoms with van der Waals surface area (Å²) in [6.45, 7) is 4.44. The van der Waals surface area contributed by atoms with Gasteiger partial charge in [0.2, 0.25) is 0 Å². The van der Waals surface area contributed by atoms with Crippen molar-refractivity contribution < 1.29 is 9.59 Å². The molecule has 0 spiro atoms. The molecule has 1 saturated heterocycles.